The molecule has 0 atom stereocenters. The predicted molar refractivity (Wildman–Crippen MR) is 77.3 cm³/mol. The number of nitrogens with one attached hydrogen (secondary N) is 1. The van der Waals surface area contributed by atoms with Crippen molar-refractivity contribution in [2.45, 2.75) is 26.2 Å². The fourth-order valence-corrected chi connectivity index (χ4v) is 2.54. The van der Waals surface area contributed by atoms with Gasteiger partial charge in [-0.1, -0.05) is 36.7 Å². The molecule has 1 aromatic heterocycles. The van der Waals surface area contributed by atoms with E-state index in [1.165, 1.54) is 16.7 Å². The Morgan fingerprint density at radius 3 is 2.21 bits per heavy atom. The van der Waals surface area contributed by atoms with Gasteiger partial charge < -0.3 is 4.98 Å². The number of hydrogen-bond acceptors (Lipinski definition) is 1. The number of nitrogens with zero attached hydrogens (tertiary/aromatic N) is 1. The van der Waals surface area contributed by atoms with Gasteiger partial charge in [0.2, 0.25) is 0 Å². The molecule has 1 heterocycles. The molecule has 1 aromatic carbocycles. The Balaban J connectivity index is 2.81. The van der Waals surface area contributed by atoms with Gasteiger partial charge in [-0.25, -0.2) is 8.78 Å². The molecule has 0 saturated heterocycles. The highest BCUT2D eigenvalue weighted by Gasteiger charge is 2.23. The van der Waals surface area contributed by atoms with Gasteiger partial charge in [-0.3, -0.25) is 4.57 Å². The zero-order chi connectivity index (χ0) is 14.4. The van der Waals surface area contributed by atoms with E-state index in [4.69, 9.17) is 12.2 Å². The Morgan fingerprint density at radius 1 is 1.21 bits per heavy atom. The van der Waals surface area contributed by atoms with Gasteiger partial charge in [-0.05, 0) is 24.4 Å². The van der Waals surface area contributed by atoms with E-state index in [0.29, 0.717) is 4.47 Å². The molecular weight excluding hydrogens is 334 g/mol. The number of rotatable bonds is 1. The van der Waals surface area contributed by atoms with Crippen molar-refractivity contribution in [3.63, 3.8) is 0 Å². The molecule has 2 nitrogen and oxygen atoms in total. The number of hydrogen-bond donors (Lipinski definition) is 1. The quantitative estimate of drug-likeness (QED) is 0.730. The van der Waals surface area contributed by atoms with Crippen molar-refractivity contribution in [1.29, 1.82) is 0 Å². The second kappa shape index (κ2) is 4.83. The van der Waals surface area contributed by atoms with Crippen LogP contribution in [0.3, 0.4) is 0 Å². The van der Waals surface area contributed by atoms with Crippen LogP contribution >= 0.6 is 28.1 Å². The van der Waals surface area contributed by atoms with Gasteiger partial charge in [0.25, 0.3) is 0 Å². The summed E-state index contributed by atoms with van der Waals surface area (Å²) < 4.78 is 30.2. The third kappa shape index (κ3) is 2.65. The van der Waals surface area contributed by atoms with Gasteiger partial charge in [-0.15, -0.1) is 0 Å². The number of benzene rings is 1. The number of imidazole rings is 1. The third-order valence-corrected chi connectivity index (χ3v) is 3.51. The van der Waals surface area contributed by atoms with E-state index in [9.17, 15) is 8.78 Å². The molecule has 2 aromatic rings. The monoisotopic (exact) mass is 346 g/mol. The summed E-state index contributed by atoms with van der Waals surface area (Å²) in [5.41, 5.74) is 0.275. The molecule has 0 aliphatic rings. The summed E-state index contributed by atoms with van der Waals surface area (Å²) in [5, 5.41) is 0. The molecule has 19 heavy (non-hydrogen) atoms. The topological polar surface area (TPSA) is 20.7 Å². The lowest BCUT2D eigenvalue weighted by Gasteiger charge is -2.21. The van der Waals surface area contributed by atoms with Gasteiger partial charge in [0.05, 0.1) is 0 Å². The first-order valence-corrected chi connectivity index (χ1v) is 6.88. The van der Waals surface area contributed by atoms with Crippen molar-refractivity contribution < 1.29 is 8.78 Å². The standard InChI is InChI=1S/C13H13BrF2N2S/c1-13(2,3)10-6-17-12(19)18(10)11-8(15)4-7(14)5-9(11)16/h4-6H,1-3H3,(H,17,19). The molecule has 6 heteroatoms. The van der Waals surface area contributed by atoms with Crippen LogP contribution in [0.1, 0.15) is 26.5 Å². The molecule has 2 rings (SSSR count). The second-order valence-electron chi connectivity index (χ2n) is 5.28. The van der Waals surface area contributed by atoms with E-state index < -0.39 is 11.6 Å². The highest BCUT2D eigenvalue weighted by Crippen LogP contribution is 2.29. The fourth-order valence-electron chi connectivity index (χ4n) is 1.89. The maximum atomic E-state index is 14.1. The Labute approximate surface area is 123 Å². The van der Waals surface area contributed by atoms with Crippen LogP contribution in [0.15, 0.2) is 22.8 Å². The van der Waals surface area contributed by atoms with E-state index in [-0.39, 0.29) is 15.9 Å². The van der Waals surface area contributed by atoms with Crippen LogP contribution in [0.4, 0.5) is 8.78 Å². The zero-order valence-electron chi connectivity index (χ0n) is 10.7. The smallest absolute Gasteiger partial charge is 0.182 e. The molecule has 0 saturated carbocycles. The highest BCUT2D eigenvalue weighted by atomic mass is 79.9. The van der Waals surface area contributed by atoms with Crippen LogP contribution in [0.2, 0.25) is 0 Å². The third-order valence-electron chi connectivity index (χ3n) is 2.75. The summed E-state index contributed by atoms with van der Waals surface area (Å²) in [5.74, 6) is -1.32. The van der Waals surface area contributed by atoms with Gasteiger partial charge in [0, 0.05) is 21.8 Å². The van der Waals surface area contributed by atoms with Crippen LogP contribution in [0.5, 0.6) is 0 Å². The minimum atomic E-state index is -0.659. The number of aromatic amines is 1. The zero-order valence-corrected chi connectivity index (χ0v) is 13.1. The van der Waals surface area contributed by atoms with E-state index in [1.54, 1.807) is 6.20 Å². The average Bonchev–Trinajstić information content (AvgIpc) is 2.59. The van der Waals surface area contributed by atoms with Crippen LogP contribution < -0.4 is 0 Å². The Kier molecular flexibility index (Phi) is 3.66. The van der Waals surface area contributed by atoms with Crippen molar-refractivity contribution >= 4 is 28.1 Å². The lowest BCUT2D eigenvalue weighted by atomic mass is 9.92. The maximum absolute atomic E-state index is 14.1. The molecule has 0 spiro atoms. The first-order valence-electron chi connectivity index (χ1n) is 5.67. The lowest BCUT2D eigenvalue weighted by Crippen LogP contribution is -2.18. The van der Waals surface area contributed by atoms with E-state index in [1.807, 2.05) is 20.8 Å². The molecule has 0 aliphatic carbocycles. The second-order valence-corrected chi connectivity index (χ2v) is 6.58. The molecular formula is C13H13BrF2N2S. The summed E-state index contributed by atoms with van der Waals surface area (Å²) in [4.78, 5) is 2.84. The van der Waals surface area contributed by atoms with Crippen molar-refractivity contribution in [3.05, 3.63) is 44.9 Å². The van der Waals surface area contributed by atoms with E-state index >= 15 is 0 Å². The Hall–Kier alpha value is -1.01. The molecule has 0 aliphatic heterocycles. The van der Waals surface area contributed by atoms with Crippen molar-refractivity contribution in [1.82, 2.24) is 9.55 Å². The first-order chi connectivity index (χ1) is 8.71. The highest BCUT2D eigenvalue weighted by molar-refractivity contribution is 9.10. The van der Waals surface area contributed by atoms with Gasteiger partial charge in [0.1, 0.15) is 5.69 Å². The molecule has 102 valence electrons. The minimum Gasteiger partial charge on any atom is -0.337 e. The SMILES string of the molecule is CC(C)(C)c1c[nH]c(=S)n1-c1c(F)cc(Br)cc1F. The molecule has 0 fully saturated rings. The van der Waals surface area contributed by atoms with Crippen LogP contribution in [0.25, 0.3) is 5.69 Å². The average molecular weight is 347 g/mol. The fraction of sp³-hybridized carbons (Fsp3) is 0.308. The van der Waals surface area contributed by atoms with Gasteiger partial charge in [-0.2, -0.15) is 0 Å². The Bertz CT molecular complexity index is 660. The van der Waals surface area contributed by atoms with Crippen LogP contribution in [-0.2, 0) is 5.41 Å². The lowest BCUT2D eigenvalue weighted by molar-refractivity contribution is 0.528. The first kappa shape index (κ1) is 14.4. The number of halogens is 3. The van der Waals surface area contributed by atoms with Gasteiger partial charge in [0.15, 0.2) is 16.4 Å². The normalized spacial score (nSPS) is 11.9. The summed E-state index contributed by atoms with van der Waals surface area (Å²) in [6, 6.07) is 2.44. The molecule has 1 N–H and O–H groups in total. The Morgan fingerprint density at radius 2 is 1.74 bits per heavy atom. The number of H-pyrrole nitrogens is 1. The number of aromatic nitrogens is 2. The molecule has 0 bridgehead atoms. The maximum Gasteiger partial charge on any atom is 0.182 e. The van der Waals surface area contributed by atoms with Crippen molar-refractivity contribution in [2.24, 2.45) is 0 Å². The summed E-state index contributed by atoms with van der Waals surface area (Å²) in [7, 11) is 0. The van der Waals surface area contributed by atoms with Gasteiger partial charge >= 0.3 is 0 Å². The van der Waals surface area contributed by atoms with Crippen molar-refractivity contribution in [2.75, 3.05) is 0 Å². The van der Waals surface area contributed by atoms with E-state index in [2.05, 4.69) is 20.9 Å². The molecule has 0 amide bonds. The summed E-state index contributed by atoms with van der Waals surface area (Å²) in [6.07, 6.45) is 1.68. The molecule has 0 radical (unpaired) electrons. The minimum absolute atomic E-state index is 0.153. The van der Waals surface area contributed by atoms with Crippen LogP contribution in [-0.4, -0.2) is 9.55 Å². The summed E-state index contributed by atoms with van der Waals surface area (Å²) in [6.45, 7) is 5.86. The van der Waals surface area contributed by atoms with Crippen LogP contribution in [0, 0.1) is 16.4 Å². The predicted octanol–water partition coefficient (Wildman–Crippen LogP) is 4.87. The largest absolute Gasteiger partial charge is 0.337 e. The van der Waals surface area contributed by atoms with E-state index in [0.717, 1.165) is 5.69 Å². The molecule has 0 unspecified atom stereocenters. The summed E-state index contributed by atoms with van der Waals surface area (Å²) >= 11 is 8.20. The van der Waals surface area contributed by atoms with Crippen molar-refractivity contribution in [3.8, 4) is 5.69 Å².